The van der Waals surface area contributed by atoms with Crippen molar-refractivity contribution in [3.8, 4) is 0 Å². The second kappa shape index (κ2) is 9.09. The lowest BCUT2D eigenvalue weighted by Crippen LogP contribution is -2.42. The van der Waals surface area contributed by atoms with Crippen LogP contribution in [0.15, 0.2) is 35.3 Å². The average molecular weight is 345 g/mol. The van der Waals surface area contributed by atoms with Crippen LogP contribution in [0.5, 0.6) is 0 Å². The lowest BCUT2D eigenvalue weighted by atomic mass is 10.1. The highest BCUT2D eigenvalue weighted by Crippen LogP contribution is 2.28. The van der Waals surface area contributed by atoms with Gasteiger partial charge in [0.1, 0.15) is 0 Å². The predicted molar refractivity (Wildman–Crippen MR) is 104 cm³/mol. The van der Waals surface area contributed by atoms with Crippen LogP contribution in [0.2, 0.25) is 0 Å². The Kier molecular flexibility index (Phi) is 6.56. The van der Waals surface area contributed by atoms with Gasteiger partial charge in [-0.25, -0.2) is 0 Å². The van der Waals surface area contributed by atoms with Crippen LogP contribution in [-0.4, -0.2) is 64.3 Å². The summed E-state index contributed by atoms with van der Waals surface area (Å²) < 4.78 is 5.73. The van der Waals surface area contributed by atoms with E-state index < -0.39 is 0 Å². The molecule has 5 heteroatoms. The first-order chi connectivity index (χ1) is 12.3. The van der Waals surface area contributed by atoms with E-state index in [0.717, 1.165) is 51.3 Å². The van der Waals surface area contributed by atoms with Gasteiger partial charge < -0.3 is 19.9 Å². The van der Waals surface area contributed by atoms with Gasteiger partial charge >= 0.3 is 0 Å². The molecule has 0 aromatic heterocycles. The molecule has 0 bridgehead atoms. The molecule has 1 atom stereocenters. The van der Waals surface area contributed by atoms with Crippen molar-refractivity contribution in [3.05, 3.63) is 30.3 Å². The van der Waals surface area contributed by atoms with Gasteiger partial charge in [0.25, 0.3) is 0 Å². The minimum atomic E-state index is 0.663. The number of hydrogen-bond acceptors (Lipinski definition) is 3. The Labute approximate surface area is 152 Å². The van der Waals surface area contributed by atoms with Gasteiger partial charge in [0.05, 0.1) is 6.61 Å². The third-order valence-corrected chi connectivity index (χ3v) is 5.15. The van der Waals surface area contributed by atoms with E-state index in [0.29, 0.717) is 5.92 Å². The van der Waals surface area contributed by atoms with Crippen molar-refractivity contribution in [2.24, 2.45) is 16.8 Å². The number of nitrogens with one attached hydrogen (secondary N) is 1. The summed E-state index contributed by atoms with van der Waals surface area (Å²) in [4.78, 5) is 9.05. The van der Waals surface area contributed by atoms with Crippen molar-refractivity contribution in [3.63, 3.8) is 0 Å². The summed E-state index contributed by atoms with van der Waals surface area (Å²) in [6.07, 6.45) is 3.92. The van der Waals surface area contributed by atoms with Crippen LogP contribution in [0.25, 0.3) is 0 Å². The SMILES string of the molecule is CN=C(NCC1CCN(c2ccccc2)C1)N(C)CCOCC1CC1. The van der Waals surface area contributed by atoms with Crippen molar-refractivity contribution in [2.45, 2.75) is 19.3 Å². The molecular formula is C20H32N4O. The highest BCUT2D eigenvalue weighted by molar-refractivity contribution is 5.79. The summed E-state index contributed by atoms with van der Waals surface area (Å²) in [5.41, 5.74) is 1.33. The number of guanidine groups is 1. The Morgan fingerprint density at radius 1 is 1.24 bits per heavy atom. The van der Waals surface area contributed by atoms with Gasteiger partial charge in [0.2, 0.25) is 0 Å². The molecule has 5 nitrogen and oxygen atoms in total. The van der Waals surface area contributed by atoms with Crippen LogP contribution < -0.4 is 10.2 Å². The molecule has 2 aliphatic rings. The lowest BCUT2D eigenvalue weighted by Gasteiger charge is -2.24. The van der Waals surface area contributed by atoms with Crippen molar-refractivity contribution in [1.29, 1.82) is 0 Å². The highest BCUT2D eigenvalue weighted by atomic mass is 16.5. The van der Waals surface area contributed by atoms with Crippen molar-refractivity contribution in [2.75, 3.05) is 58.4 Å². The zero-order valence-corrected chi connectivity index (χ0v) is 15.7. The molecule has 1 aromatic carbocycles. The quantitative estimate of drug-likeness (QED) is 0.447. The number of anilines is 1. The van der Waals surface area contributed by atoms with Crippen LogP contribution in [0.1, 0.15) is 19.3 Å². The molecule has 1 aromatic rings. The smallest absolute Gasteiger partial charge is 0.193 e. The first-order valence-corrected chi connectivity index (χ1v) is 9.56. The van der Waals surface area contributed by atoms with Gasteiger partial charge in [-0.2, -0.15) is 0 Å². The van der Waals surface area contributed by atoms with E-state index in [1.54, 1.807) is 0 Å². The van der Waals surface area contributed by atoms with E-state index in [9.17, 15) is 0 Å². The molecule has 2 fully saturated rings. The predicted octanol–water partition coefficient (Wildman–Crippen LogP) is 2.45. The number of likely N-dealkylation sites (N-methyl/N-ethyl adjacent to an activating group) is 1. The standard InChI is InChI=1S/C20H32N4O/c1-21-20(23(2)12-13-25-16-17-8-9-17)22-14-18-10-11-24(15-18)19-6-4-3-5-7-19/h3-7,17-18H,8-16H2,1-2H3,(H,21,22). The van der Waals surface area contributed by atoms with Gasteiger partial charge in [-0.15, -0.1) is 0 Å². The second-order valence-electron chi connectivity index (χ2n) is 7.30. The molecule has 138 valence electrons. The zero-order valence-electron chi connectivity index (χ0n) is 15.7. The normalized spacial score (nSPS) is 20.8. The number of benzene rings is 1. The van der Waals surface area contributed by atoms with Crippen molar-refractivity contribution >= 4 is 11.6 Å². The van der Waals surface area contributed by atoms with Crippen LogP contribution in [0, 0.1) is 11.8 Å². The molecule has 1 aliphatic carbocycles. The maximum absolute atomic E-state index is 5.73. The fourth-order valence-electron chi connectivity index (χ4n) is 3.33. The van der Waals surface area contributed by atoms with Crippen molar-refractivity contribution < 1.29 is 4.74 Å². The first kappa shape index (κ1) is 18.1. The van der Waals surface area contributed by atoms with E-state index >= 15 is 0 Å². The monoisotopic (exact) mass is 344 g/mol. The zero-order chi connectivity index (χ0) is 17.5. The number of hydrogen-bond donors (Lipinski definition) is 1. The molecule has 0 amide bonds. The minimum absolute atomic E-state index is 0.663. The molecule has 1 heterocycles. The van der Waals surface area contributed by atoms with Gasteiger partial charge in [-0.3, -0.25) is 4.99 Å². The Hall–Kier alpha value is -1.75. The maximum atomic E-state index is 5.73. The fourth-order valence-corrected chi connectivity index (χ4v) is 3.33. The van der Waals surface area contributed by atoms with Gasteiger partial charge in [0.15, 0.2) is 5.96 Å². The van der Waals surface area contributed by atoms with E-state index in [4.69, 9.17) is 4.74 Å². The average Bonchev–Trinajstić information content (AvgIpc) is 3.35. The Bertz CT molecular complexity index is 544. The molecule has 1 saturated heterocycles. The van der Waals surface area contributed by atoms with E-state index in [-0.39, 0.29) is 0 Å². The molecule has 25 heavy (non-hydrogen) atoms. The Morgan fingerprint density at radius 3 is 2.76 bits per heavy atom. The molecule has 0 spiro atoms. The number of rotatable bonds is 8. The number of ether oxygens (including phenoxy) is 1. The summed E-state index contributed by atoms with van der Waals surface area (Å²) in [5.74, 6) is 2.46. The van der Waals surface area contributed by atoms with Gasteiger partial charge in [-0.05, 0) is 43.2 Å². The third kappa shape index (κ3) is 5.63. The summed E-state index contributed by atoms with van der Waals surface area (Å²) in [6, 6.07) is 10.7. The van der Waals surface area contributed by atoms with Crippen LogP contribution in [0.3, 0.4) is 0 Å². The van der Waals surface area contributed by atoms with Crippen LogP contribution in [0.4, 0.5) is 5.69 Å². The fraction of sp³-hybridized carbons (Fsp3) is 0.650. The van der Waals surface area contributed by atoms with Crippen LogP contribution >= 0.6 is 0 Å². The summed E-state index contributed by atoms with van der Waals surface area (Å²) in [6.45, 7) is 5.81. The number of nitrogens with zero attached hydrogens (tertiary/aromatic N) is 3. The molecule has 1 saturated carbocycles. The molecule has 3 rings (SSSR count). The number of aliphatic imine (C=N–C) groups is 1. The van der Waals surface area contributed by atoms with E-state index in [1.807, 2.05) is 7.05 Å². The summed E-state index contributed by atoms with van der Waals surface area (Å²) in [5, 5.41) is 3.54. The molecule has 0 radical (unpaired) electrons. The second-order valence-corrected chi connectivity index (χ2v) is 7.30. The lowest BCUT2D eigenvalue weighted by molar-refractivity contribution is 0.115. The van der Waals surface area contributed by atoms with Crippen LogP contribution in [-0.2, 0) is 4.74 Å². The molecule has 1 aliphatic heterocycles. The van der Waals surface area contributed by atoms with E-state index in [1.165, 1.54) is 24.9 Å². The van der Waals surface area contributed by atoms with E-state index in [2.05, 4.69) is 57.5 Å². The van der Waals surface area contributed by atoms with Gasteiger partial charge in [-0.1, -0.05) is 18.2 Å². The third-order valence-electron chi connectivity index (χ3n) is 5.15. The Balaban J connectivity index is 1.36. The summed E-state index contributed by atoms with van der Waals surface area (Å²) in [7, 11) is 3.94. The molecule has 1 unspecified atom stereocenters. The molecule has 1 N–H and O–H groups in total. The first-order valence-electron chi connectivity index (χ1n) is 9.56. The molecular weight excluding hydrogens is 312 g/mol. The maximum Gasteiger partial charge on any atom is 0.193 e. The summed E-state index contributed by atoms with van der Waals surface area (Å²) >= 11 is 0. The highest BCUT2D eigenvalue weighted by Gasteiger charge is 2.23. The van der Waals surface area contributed by atoms with Crippen molar-refractivity contribution in [1.82, 2.24) is 10.2 Å². The van der Waals surface area contributed by atoms with Gasteiger partial charge in [0, 0.05) is 52.6 Å². The topological polar surface area (TPSA) is 40.1 Å². The Morgan fingerprint density at radius 2 is 2.04 bits per heavy atom. The minimum Gasteiger partial charge on any atom is -0.379 e. The number of para-hydroxylation sites is 1. The largest absolute Gasteiger partial charge is 0.379 e.